The lowest BCUT2D eigenvalue weighted by Crippen LogP contribution is -2.19. The number of aromatic hydroxyl groups is 1. The molecule has 6 heteroatoms. The molecule has 0 atom stereocenters. The van der Waals surface area contributed by atoms with E-state index in [0.29, 0.717) is 17.3 Å². The number of aryl methyl sites for hydroxylation is 1. The van der Waals surface area contributed by atoms with Crippen LogP contribution in [0.2, 0.25) is 0 Å². The van der Waals surface area contributed by atoms with Crippen molar-refractivity contribution in [3.05, 3.63) is 76.6 Å². The molecule has 1 N–H and O–H groups in total. The summed E-state index contributed by atoms with van der Waals surface area (Å²) >= 11 is 0. The molecule has 1 aliphatic heterocycles. The molecule has 25 heavy (non-hydrogen) atoms. The lowest BCUT2D eigenvalue weighted by atomic mass is 10.3. The van der Waals surface area contributed by atoms with Crippen molar-refractivity contribution in [2.45, 2.75) is 6.92 Å². The number of imidazole rings is 1. The highest BCUT2D eigenvalue weighted by Crippen LogP contribution is 2.27. The van der Waals surface area contributed by atoms with Gasteiger partial charge in [-0.1, -0.05) is 12.1 Å². The van der Waals surface area contributed by atoms with Gasteiger partial charge >= 0.3 is 0 Å². The third-order valence-electron chi connectivity index (χ3n) is 3.99. The maximum atomic E-state index is 10.6. The summed E-state index contributed by atoms with van der Waals surface area (Å²) in [7, 11) is 1.62. The Morgan fingerprint density at radius 1 is 1.00 bits per heavy atom. The monoisotopic (exact) mass is 332 g/mol. The summed E-state index contributed by atoms with van der Waals surface area (Å²) in [6.07, 6.45) is 1.68. The second kappa shape index (κ2) is 5.90. The van der Waals surface area contributed by atoms with Crippen molar-refractivity contribution in [1.82, 2.24) is 9.55 Å². The Balaban J connectivity index is 1.76. The van der Waals surface area contributed by atoms with Crippen LogP contribution in [-0.4, -0.2) is 21.8 Å². The van der Waals surface area contributed by atoms with Crippen molar-refractivity contribution in [2.75, 3.05) is 7.11 Å². The number of ether oxygens (including phenoxy) is 1. The van der Waals surface area contributed by atoms with Crippen molar-refractivity contribution >= 4 is 6.08 Å². The average Bonchev–Trinajstić information content (AvgIpc) is 3.15. The number of para-hydroxylation sites is 2. The van der Waals surface area contributed by atoms with E-state index in [1.807, 2.05) is 55.5 Å². The summed E-state index contributed by atoms with van der Waals surface area (Å²) in [6.45, 7) is 1.84. The van der Waals surface area contributed by atoms with E-state index in [1.165, 1.54) is 0 Å². The topological polar surface area (TPSA) is 72.0 Å². The van der Waals surface area contributed by atoms with Crippen molar-refractivity contribution in [1.29, 1.82) is 0 Å². The first kappa shape index (κ1) is 15.1. The first-order valence-corrected chi connectivity index (χ1v) is 7.82. The van der Waals surface area contributed by atoms with Crippen molar-refractivity contribution in [2.24, 2.45) is 9.98 Å². The van der Waals surface area contributed by atoms with Gasteiger partial charge in [0.2, 0.25) is 5.88 Å². The molecule has 0 spiro atoms. The molecule has 1 aromatic heterocycles. The molecule has 0 saturated heterocycles. The van der Waals surface area contributed by atoms with E-state index in [4.69, 9.17) is 4.74 Å². The molecular weight excluding hydrogens is 316 g/mol. The highest BCUT2D eigenvalue weighted by molar-refractivity contribution is 5.57. The number of benzene rings is 2. The first-order valence-electron chi connectivity index (χ1n) is 7.82. The summed E-state index contributed by atoms with van der Waals surface area (Å²) < 4.78 is 6.84. The van der Waals surface area contributed by atoms with Gasteiger partial charge in [0.25, 0.3) is 0 Å². The molecule has 0 unspecified atom stereocenters. The van der Waals surface area contributed by atoms with Gasteiger partial charge in [-0.3, -0.25) is 4.57 Å². The van der Waals surface area contributed by atoms with E-state index in [1.54, 1.807) is 17.8 Å². The normalized spacial score (nSPS) is 12.3. The van der Waals surface area contributed by atoms with Gasteiger partial charge in [-0.2, -0.15) is 0 Å². The predicted octanol–water partition coefficient (Wildman–Crippen LogP) is 2.15. The molecule has 2 heterocycles. The fourth-order valence-corrected chi connectivity index (χ4v) is 2.79. The minimum Gasteiger partial charge on any atom is -0.497 e. The van der Waals surface area contributed by atoms with Crippen molar-refractivity contribution in [3.63, 3.8) is 0 Å². The first-order chi connectivity index (χ1) is 12.2. The van der Waals surface area contributed by atoms with Gasteiger partial charge in [-0.15, -0.1) is 0 Å². The summed E-state index contributed by atoms with van der Waals surface area (Å²) in [4.78, 5) is 13.3. The van der Waals surface area contributed by atoms with E-state index >= 15 is 0 Å². The molecular formula is C19H16N4O2. The molecule has 124 valence electrons. The number of hydrogen-bond donors (Lipinski definition) is 1. The standard InChI is InChI=1S/C19H16N4O2/c1-12-20-17(11-18-21-15-5-3-4-6-16(15)22-18)19(24)23(12)13-7-9-14(25-2)10-8-13/h3-11,24H,1-2H3. The van der Waals surface area contributed by atoms with Crippen molar-refractivity contribution < 1.29 is 9.84 Å². The Morgan fingerprint density at radius 3 is 2.24 bits per heavy atom. The van der Waals surface area contributed by atoms with Crippen LogP contribution in [0.15, 0.2) is 64.3 Å². The zero-order chi connectivity index (χ0) is 17.4. The van der Waals surface area contributed by atoms with Gasteiger partial charge < -0.3 is 9.84 Å². The number of fused-ring (bicyclic) bond motifs is 1. The van der Waals surface area contributed by atoms with Gasteiger partial charge in [0.15, 0.2) is 5.82 Å². The second-order valence-corrected chi connectivity index (χ2v) is 5.62. The molecule has 0 radical (unpaired) electrons. The third-order valence-corrected chi connectivity index (χ3v) is 3.99. The van der Waals surface area contributed by atoms with Crippen LogP contribution in [0.1, 0.15) is 11.5 Å². The lowest BCUT2D eigenvalue weighted by Gasteiger charge is -2.07. The SMILES string of the molecule is COc1ccc(-n2c(C)nc(C=C3N=c4ccccc4=N3)c2O)cc1. The maximum absolute atomic E-state index is 10.6. The Labute approximate surface area is 144 Å². The van der Waals surface area contributed by atoms with Gasteiger partial charge in [0.05, 0.1) is 23.5 Å². The van der Waals surface area contributed by atoms with Crippen molar-refractivity contribution in [3.8, 4) is 17.3 Å². The van der Waals surface area contributed by atoms with E-state index in [9.17, 15) is 5.11 Å². The quantitative estimate of drug-likeness (QED) is 0.799. The molecule has 1 aliphatic rings. The predicted molar refractivity (Wildman–Crippen MR) is 93.2 cm³/mol. The Hall–Kier alpha value is -3.41. The van der Waals surface area contributed by atoms with E-state index in [2.05, 4.69) is 15.0 Å². The molecule has 0 amide bonds. The maximum Gasteiger partial charge on any atom is 0.223 e. The van der Waals surface area contributed by atoms with Crippen LogP contribution >= 0.6 is 0 Å². The van der Waals surface area contributed by atoms with Gasteiger partial charge in [-0.05, 0) is 43.3 Å². The minimum atomic E-state index is 0.0523. The molecule has 0 bridgehead atoms. The number of aromatic nitrogens is 2. The second-order valence-electron chi connectivity index (χ2n) is 5.62. The molecule has 6 nitrogen and oxygen atoms in total. The number of hydrogen-bond acceptors (Lipinski definition) is 5. The molecule has 0 aliphatic carbocycles. The van der Waals surface area contributed by atoms with Gasteiger partial charge in [-0.25, -0.2) is 15.0 Å². The summed E-state index contributed by atoms with van der Waals surface area (Å²) in [6, 6.07) is 15.0. The smallest absolute Gasteiger partial charge is 0.223 e. The highest BCUT2D eigenvalue weighted by atomic mass is 16.5. The zero-order valence-electron chi connectivity index (χ0n) is 13.8. The van der Waals surface area contributed by atoms with Gasteiger partial charge in [0, 0.05) is 6.08 Å². The van der Waals surface area contributed by atoms with Crippen LogP contribution in [0.25, 0.3) is 11.8 Å². The summed E-state index contributed by atoms with van der Waals surface area (Å²) in [5.41, 5.74) is 1.24. The Morgan fingerprint density at radius 2 is 1.64 bits per heavy atom. The zero-order valence-corrected chi connectivity index (χ0v) is 13.8. The lowest BCUT2D eigenvalue weighted by molar-refractivity contribution is 0.414. The van der Waals surface area contributed by atoms with Gasteiger partial charge in [0.1, 0.15) is 17.3 Å². The number of rotatable bonds is 3. The number of methoxy groups -OCH3 is 1. The molecule has 4 rings (SSSR count). The Bertz CT molecular complexity index is 1060. The van der Waals surface area contributed by atoms with E-state index < -0.39 is 0 Å². The van der Waals surface area contributed by atoms with Crippen LogP contribution < -0.4 is 15.5 Å². The highest BCUT2D eigenvalue weighted by Gasteiger charge is 2.15. The van der Waals surface area contributed by atoms with Crippen LogP contribution in [0.3, 0.4) is 0 Å². The molecule has 2 aromatic carbocycles. The number of nitrogens with zero attached hydrogens (tertiary/aromatic N) is 4. The molecule has 3 aromatic rings. The minimum absolute atomic E-state index is 0.0523. The Kier molecular flexibility index (Phi) is 3.57. The summed E-state index contributed by atoms with van der Waals surface area (Å²) in [5, 5.41) is 12.2. The largest absolute Gasteiger partial charge is 0.497 e. The average molecular weight is 332 g/mol. The van der Waals surface area contributed by atoms with Crippen LogP contribution in [0.4, 0.5) is 0 Å². The van der Waals surface area contributed by atoms with E-state index in [0.717, 1.165) is 22.2 Å². The van der Waals surface area contributed by atoms with Crippen LogP contribution in [0, 0.1) is 6.92 Å². The van der Waals surface area contributed by atoms with Crippen LogP contribution in [-0.2, 0) is 0 Å². The molecule has 0 saturated carbocycles. The van der Waals surface area contributed by atoms with E-state index in [-0.39, 0.29) is 5.88 Å². The fourth-order valence-electron chi connectivity index (χ4n) is 2.79. The summed E-state index contributed by atoms with van der Waals surface area (Å²) in [5.74, 6) is 2.00. The van der Waals surface area contributed by atoms with Crippen LogP contribution in [0.5, 0.6) is 11.6 Å². The molecule has 0 fully saturated rings. The third kappa shape index (κ3) is 2.67. The fraction of sp³-hybridized carbons (Fsp3) is 0.105.